The van der Waals surface area contributed by atoms with Crippen molar-refractivity contribution in [2.45, 2.75) is 37.1 Å². The molecule has 0 spiro atoms. The third kappa shape index (κ3) is 6.76. The van der Waals surface area contributed by atoms with Crippen molar-refractivity contribution in [3.63, 3.8) is 0 Å². The lowest BCUT2D eigenvalue weighted by atomic mass is 9.96. The van der Waals surface area contributed by atoms with Gasteiger partial charge in [-0.1, -0.05) is 30.7 Å². The van der Waals surface area contributed by atoms with E-state index in [4.69, 9.17) is 11.6 Å². The summed E-state index contributed by atoms with van der Waals surface area (Å²) in [6.45, 7) is 1.73. The van der Waals surface area contributed by atoms with Crippen LogP contribution < -0.4 is 9.50 Å². The minimum Gasteiger partial charge on any atom is -0.376 e. The number of alkyl halides is 6. The molecule has 7 nitrogen and oxygen atoms in total. The number of rotatable bonds is 8. The van der Waals surface area contributed by atoms with Crippen LogP contribution in [0.5, 0.6) is 5.75 Å². The van der Waals surface area contributed by atoms with Gasteiger partial charge in [0, 0.05) is 12.2 Å². The minimum absolute atomic E-state index is 0.122. The fraction of sp³-hybridized carbons (Fsp3) is 0.400. The largest absolute Gasteiger partial charge is 0.534 e. The minimum atomic E-state index is -5.96. The summed E-state index contributed by atoms with van der Waals surface area (Å²) in [6.07, 6.45) is -3.72. The molecule has 0 aliphatic rings. The third-order valence-electron chi connectivity index (χ3n) is 4.87. The zero-order valence-electron chi connectivity index (χ0n) is 18.4. The summed E-state index contributed by atoms with van der Waals surface area (Å²) in [5.74, 6) is -1.76. The monoisotopic (exact) mass is 547 g/mol. The van der Waals surface area contributed by atoms with Crippen LogP contribution >= 0.6 is 11.6 Å². The lowest BCUT2D eigenvalue weighted by Gasteiger charge is -2.33. The van der Waals surface area contributed by atoms with Gasteiger partial charge < -0.3 is 14.4 Å². The number of carbonyl (C=O) groups excluding carboxylic acids is 1. The molecule has 1 N–H and O–H groups in total. The number of benzene rings is 1. The molecule has 1 aromatic carbocycles. The second-order valence-electron chi connectivity index (χ2n) is 7.46. The Hall–Kier alpha value is -2.58. The van der Waals surface area contributed by atoms with E-state index >= 15 is 0 Å². The molecule has 1 aromatic heterocycles. The summed E-state index contributed by atoms with van der Waals surface area (Å²) < 4.78 is 105. The number of halogens is 7. The molecule has 194 valence electrons. The van der Waals surface area contributed by atoms with E-state index in [1.807, 2.05) is 0 Å². The molecule has 0 radical (unpaired) electrons. The van der Waals surface area contributed by atoms with Crippen molar-refractivity contribution in [3.8, 4) is 5.75 Å². The van der Waals surface area contributed by atoms with E-state index in [9.17, 15) is 39.6 Å². The smallest absolute Gasteiger partial charge is 0.376 e. The Morgan fingerprint density at radius 2 is 1.80 bits per heavy atom. The van der Waals surface area contributed by atoms with Gasteiger partial charge in [-0.05, 0) is 44.3 Å². The number of nitrogens with zero attached hydrogens (tertiary/aromatic N) is 2. The first-order valence-electron chi connectivity index (χ1n) is 9.79. The van der Waals surface area contributed by atoms with Crippen molar-refractivity contribution in [3.05, 3.63) is 58.4 Å². The third-order valence-corrected chi connectivity index (χ3v) is 6.23. The van der Waals surface area contributed by atoms with Gasteiger partial charge in [-0.25, -0.2) is 4.98 Å². The molecule has 2 rings (SSSR count). The van der Waals surface area contributed by atoms with Crippen molar-refractivity contribution < 1.29 is 43.7 Å². The first-order chi connectivity index (χ1) is 16.0. The van der Waals surface area contributed by atoms with Crippen molar-refractivity contribution >= 4 is 27.6 Å². The Kier molecular flexibility index (Phi) is 8.66. The predicted molar refractivity (Wildman–Crippen MR) is 114 cm³/mol. The molecule has 0 aliphatic carbocycles. The maximum Gasteiger partial charge on any atom is 0.534 e. The zero-order valence-corrected chi connectivity index (χ0v) is 20.0. The highest BCUT2D eigenvalue weighted by atomic mass is 35.5. The summed E-state index contributed by atoms with van der Waals surface area (Å²) >= 11 is 5.79. The fourth-order valence-corrected chi connectivity index (χ4v) is 4.02. The normalized spacial score (nSPS) is 14.5. The molecular weight excluding hydrogens is 528 g/mol. The second kappa shape index (κ2) is 10.6. The molecule has 2 aromatic rings. The molecule has 0 bridgehead atoms. The van der Waals surface area contributed by atoms with Gasteiger partial charge in [0.15, 0.2) is 0 Å². The molecule has 0 saturated carbocycles. The van der Waals surface area contributed by atoms with E-state index in [1.165, 1.54) is 12.1 Å². The van der Waals surface area contributed by atoms with Crippen LogP contribution in [0.25, 0.3) is 0 Å². The van der Waals surface area contributed by atoms with Gasteiger partial charge in [-0.15, -0.1) is 0 Å². The van der Waals surface area contributed by atoms with Crippen LogP contribution in [-0.2, 0) is 16.3 Å². The topological polar surface area (TPSA) is 88.6 Å². The number of hydrogen-bond donors (Lipinski definition) is 1. The number of likely N-dealkylation sites (N-methyl/N-ethyl adjacent to an activating group) is 1. The maximum atomic E-state index is 13.2. The van der Waals surface area contributed by atoms with Gasteiger partial charge in [0.1, 0.15) is 11.4 Å². The molecule has 35 heavy (non-hydrogen) atoms. The number of aromatic nitrogens is 1. The van der Waals surface area contributed by atoms with E-state index in [0.29, 0.717) is 12.5 Å². The molecule has 1 amide bonds. The summed E-state index contributed by atoms with van der Waals surface area (Å²) in [5, 5.41) is 1.57. The van der Waals surface area contributed by atoms with Crippen LogP contribution in [0.1, 0.15) is 41.0 Å². The molecule has 2 atom stereocenters. The lowest BCUT2D eigenvalue weighted by Crippen LogP contribution is -2.43. The quantitative estimate of drug-likeness (QED) is 0.290. The Balaban J connectivity index is 2.50. The molecule has 0 fully saturated rings. The zero-order chi connectivity index (χ0) is 26.8. The van der Waals surface area contributed by atoms with Crippen LogP contribution in [0.15, 0.2) is 36.5 Å². The predicted octanol–water partition coefficient (Wildman–Crippen LogP) is 4.79. The van der Waals surface area contributed by atoms with Gasteiger partial charge in [0.25, 0.3) is 5.91 Å². The van der Waals surface area contributed by atoms with Gasteiger partial charge in [-0.3, -0.25) is 4.79 Å². The van der Waals surface area contributed by atoms with Crippen molar-refractivity contribution in [2.75, 3.05) is 14.1 Å². The molecule has 0 aliphatic heterocycles. The van der Waals surface area contributed by atoms with E-state index in [-0.39, 0.29) is 5.56 Å². The number of pyridine rings is 1. The average molecular weight is 548 g/mol. The van der Waals surface area contributed by atoms with Crippen molar-refractivity contribution in [2.24, 2.45) is 0 Å². The van der Waals surface area contributed by atoms with Crippen LogP contribution in [0.4, 0.5) is 26.3 Å². The summed E-state index contributed by atoms with van der Waals surface area (Å²) in [6, 6.07) is 3.56. The van der Waals surface area contributed by atoms with Crippen molar-refractivity contribution in [1.29, 1.82) is 0 Å². The first kappa shape index (κ1) is 28.7. The van der Waals surface area contributed by atoms with E-state index in [2.05, 4.69) is 14.5 Å². The Morgan fingerprint density at radius 3 is 2.31 bits per heavy atom. The van der Waals surface area contributed by atoms with Gasteiger partial charge in [0.05, 0.1) is 16.6 Å². The van der Waals surface area contributed by atoms with Crippen LogP contribution in [0.3, 0.4) is 0 Å². The summed E-state index contributed by atoms with van der Waals surface area (Å²) in [7, 11) is -2.69. The summed E-state index contributed by atoms with van der Waals surface area (Å²) in [4.78, 5) is 18.2. The van der Waals surface area contributed by atoms with E-state index in [1.54, 1.807) is 25.9 Å². The SMILES string of the molecule is CC[C@@H]([C@@H](NC(=O)c1nccc(C(F)(F)F)c1Cl)c1cccc(OS(=O)(=O)C(F)(F)F)c1)N(C)C. The average Bonchev–Trinajstić information content (AvgIpc) is 2.71. The van der Waals surface area contributed by atoms with Crippen LogP contribution in [-0.4, -0.2) is 49.9 Å². The first-order valence-corrected chi connectivity index (χ1v) is 11.6. The number of nitrogens with one attached hydrogen (secondary N) is 1. The molecule has 0 saturated heterocycles. The molecule has 1 heterocycles. The Labute approximate surface area is 202 Å². The Morgan fingerprint density at radius 1 is 1.17 bits per heavy atom. The standard InChI is InChI=1S/C20H20ClF6N3O4S/c1-4-14(30(2)3)16(11-6-5-7-12(10-11)34-35(32,33)20(25,26)27)29-18(31)17-15(21)13(8-9-28-17)19(22,23)24/h5-10,14,16H,4H2,1-3H3,(H,29,31)/t14-,16-/m0/s1. The highest BCUT2D eigenvalue weighted by Gasteiger charge is 2.48. The van der Waals surface area contributed by atoms with Gasteiger partial charge in [0.2, 0.25) is 0 Å². The highest BCUT2D eigenvalue weighted by molar-refractivity contribution is 7.88. The number of amides is 1. The Bertz CT molecular complexity index is 1170. The van der Waals surface area contributed by atoms with Crippen molar-refractivity contribution in [1.82, 2.24) is 15.2 Å². The maximum absolute atomic E-state index is 13.2. The van der Waals surface area contributed by atoms with Crippen LogP contribution in [0, 0.1) is 0 Å². The highest BCUT2D eigenvalue weighted by Crippen LogP contribution is 2.36. The van der Waals surface area contributed by atoms with E-state index in [0.717, 1.165) is 18.3 Å². The number of carbonyl (C=O) groups is 1. The summed E-state index contributed by atoms with van der Waals surface area (Å²) in [5.41, 5.74) is -7.54. The van der Waals surface area contributed by atoms with E-state index < -0.39 is 61.8 Å². The second-order valence-corrected chi connectivity index (χ2v) is 9.38. The number of hydrogen-bond acceptors (Lipinski definition) is 6. The fourth-order valence-electron chi connectivity index (χ4n) is 3.26. The molecule has 15 heteroatoms. The van der Waals surface area contributed by atoms with Gasteiger partial charge in [-0.2, -0.15) is 34.8 Å². The molecule has 0 unspecified atom stereocenters. The lowest BCUT2D eigenvalue weighted by molar-refractivity contribution is -0.137. The van der Waals surface area contributed by atoms with Gasteiger partial charge >= 0.3 is 21.8 Å². The van der Waals surface area contributed by atoms with Crippen LogP contribution in [0.2, 0.25) is 5.02 Å². The molecular formula is C20H20ClF6N3O4S.